The molecule has 0 saturated carbocycles. The van der Waals surface area contributed by atoms with Gasteiger partial charge in [0.1, 0.15) is 5.75 Å². The molecular weight excluding hydrogens is 286 g/mol. The number of rotatable bonds is 6. The number of hydrogen-bond acceptors (Lipinski definition) is 4. The highest BCUT2D eigenvalue weighted by Gasteiger charge is 2.07. The van der Waals surface area contributed by atoms with Crippen molar-refractivity contribution in [2.24, 2.45) is 0 Å². The highest BCUT2D eigenvalue weighted by atomic mass is 32.2. The Bertz CT molecular complexity index is 599. The number of anilines is 1. The van der Waals surface area contributed by atoms with Crippen LogP contribution < -0.4 is 10.1 Å². The van der Waals surface area contributed by atoms with Gasteiger partial charge in [-0.25, -0.2) is 0 Å². The Morgan fingerprint density at radius 3 is 2.57 bits per heavy atom. The van der Waals surface area contributed by atoms with Crippen LogP contribution in [0.2, 0.25) is 0 Å². The van der Waals surface area contributed by atoms with Gasteiger partial charge in [0, 0.05) is 4.90 Å². The minimum Gasteiger partial charge on any atom is -0.495 e. The van der Waals surface area contributed by atoms with Crippen LogP contribution in [0.5, 0.6) is 5.75 Å². The van der Waals surface area contributed by atoms with E-state index in [1.165, 1.54) is 11.8 Å². The molecule has 2 aromatic rings. The molecule has 0 aliphatic carbocycles. The van der Waals surface area contributed by atoms with E-state index in [0.29, 0.717) is 17.2 Å². The molecule has 0 fully saturated rings. The molecule has 1 amide bonds. The first kappa shape index (κ1) is 15.4. The standard InChI is InChI=1S/C16H17NO3S/c1-20-15-5-3-2-4-14(15)17-16(19)11-21-13-8-6-12(10-18)7-9-13/h2-9,18H,10-11H2,1H3,(H,17,19). The summed E-state index contributed by atoms with van der Waals surface area (Å²) in [5, 5.41) is 11.8. The first-order chi connectivity index (χ1) is 10.2. The van der Waals surface area contributed by atoms with Gasteiger partial charge < -0.3 is 15.2 Å². The number of hydrogen-bond donors (Lipinski definition) is 2. The predicted molar refractivity (Wildman–Crippen MR) is 84.7 cm³/mol. The highest BCUT2D eigenvalue weighted by molar-refractivity contribution is 8.00. The zero-order valence-electron chi connectivity index (χ0n) is 11.7. The van der Waals surface area contributed by atoms with Crippen LogP contribution in [0.1, 0.15) is 5.56 Å². The van der Waals surface area contributed by atoms with Gasteiger partial charge in [0.25, 0.3) is 0 Å². The molecule has 0 aliphatic heterocycles. The van der Waals surface area contributed by atoms with Crippen LogP contribution >= 0.6 is 11.8 Å². The fraction of sp³-hybridized carbons (Fsp3) is 0.188. The Balaban J connectivity index is 1.89. The topological polar surface area (TPSA) is 58.6 Å². The number of aliphatic hydroxyl groups is 1. The predicted octanol–water partition coefficient (Wildman–Crippen LogP) is 2.92. The summed E-state index contributed by atoms with van der Waals surface area (Å²) in [6.45, 7) is 0.0270. The number of carbonyl (C=O) groups is 1. The number of amides is 1. The van der Waals surface area contributed by atoms with E-state index in [-0.39, 0.29) is 12.5 Å². The quantitative estimate of drug-likeness (QED) is 0.806. The molecule has 0 unspecified atom stereocenters. The number of para-hydroxylation sites is 2. The maximum Gasteiger partial charge on any atom is 0.234 e. The Hall–Kier alpha value is -1.98. The molecule has 0 saturated heterocycles. The lowest BCUT2D eigenvalue weighted by atomic mass is 10.2. The van der Waals surface area contributed by atoms with Crippen molar-refractivity contribution in [3.63, 3.8) is 0 Å². The molecule has 2 aromatic carbocycles. The van der Waals surface area contributed by atoms with Gasteiger partial charge in [0.2, 0.25) is 5.91 Å². The maximum atomic E-state index is 11.9. The lowest BCUT2D eigenvalue weighted by Gasteiger charge is -2.09. The summed E-state index contributed by atoms with van der Waals surface area (Å²) in [6, 6.07) is 14.8. The minimum atomic E-state index is -0.0873. The van der Waals surface area contributed by atoms with Crippen LogP contribution in [-0.4, -0.2) is 23.9 Å². The normalized spacial score (nSPS) is 10.2. The summed E-state index contributed by atoms with van der Waals surface area (Å²) in [6.07, 6.45) is 0. The summed E-state index contributed by atoms with van der Waals surface area (Å²) < 4.78 is 5.19. The van der Waals surface area contributed by atoms with Crippen LogP contribution in [0.15, 0.2) is 53.4 Å². The monoisotopic (exact) mass is 303 g/mol. The van der Waals surface area contributed by atoms with E-state index in [2.05, 4.69) is 5.32 Å². The number of carbonyl (C=O) groups excluding carboxylic acids is 1. The van der Waals surface area contributed by atoms with Gasteiger partial charge in [-0.05, 0) is 29.8 Å². The van der Waals surface area contributed by atoms with Gasteiger partial charge in [-0.2, -0.15) is 0 Å². The van der Waals surface area contributed by atoms with Crippen LogP contribution in [0, 0.1) is 0 Å². The first-order valence-corrected chi connectivity index (χ1v) is 7.47. The van der Waals surface area contributed by atoms with E-state index in [4.69, 9.17) is 9.84 Å². The maximum absolute atomic E-state index is 11.9. The molecule has 0 bridgehead atoms. The van der Waals surface area contributed by atoms with Gasteiger partial charge in [0.15, 0.2) is 0 Å². The molecule has 0 spiro atoms. The fourth-order valence-electron chi connectivity index (χ4n) is 1.77. The molecule has 21 heavy (non-hydrogen) atoms. The molecule has 4 nitrogen and oxygen atoms in total. The summed E-state index contributed by atoms with van der Waals surface area (Å²) in [7, 11) is 1.57. The molecule has 2 N–H and O–H groups in total. The van der Waals surface area contributed by atoms with Crippen LogP contribution in [0.4, 0.5) is 5.69 Å². The third-order valence-corrected chi connectivity index (χ3v) is 3.87. The smallest absolute Gasteiger partial charge is 0.234 e. The Kier molecular flexibility index (Phi) is 5.66. The molecule has 2 rings (SSSR count). The summed E-state index contributed by atoms with van der Waals surface area (Å²) >= 11 is 1.45. The van der Waals surface area contributed by atoms with Gasteiger partial charge in [-0.15, -0.1) is 11.8 Å². The number of methoxy groups -OCH3 is 1. The third kappa shape index (κ3) is 4.51. The zero-order valence-corrected chi connectivity index (χ0v) is 12.5. The van der Waals surface area contributed by atoms with Crippen molar-refractivity contribution in [2.45, 2.75) is 11.5 Å². The lowest BCUT2D eigenvalue weighted by molar-refractivity contribution is -0.113. The lowest BCUT2D eigenvalue weighted by Crippen LogP contribution is -2.14. The molecule has 0 heterocycles. The average molecular weight is 303 g/mol. The molecule has 5 heteroatoms. The molecule has 110 valence electrons. The second-order valence-electron chi connectivity index (χ2n) is 4.34. The summed E-state index contributed by atoms with van der Waals surface area (Å²) in [5.41, 5.74) is 1.53. The van der Waals surface area contributed by atoms with Gasteiger partial charge in [-0.3, -0.25) is 4.79 Å². The average Bonchev–Trinajstić information content (AvgIpc) is 2.54. The number of thioether (sulfide) groups is 1. The van der Waals surface area contributed by atoms with Gasteiger partial charge in [0.05, 0.1) is 25.2 Å². The van der Waals surface area contributed by atoms with E-state index in [9.17, 15) is 4.79 Å². The van der Waals surface area contributed by atoms with E-state index < -0.39 is 0 Å². The van der Waals surface area contributed by atoms with E-state index in [1.807, 2.05) is 36.4 Å². The Labute approximate surface area is 128 Å². The van der Waals surface area contributed by atoms with Crippen LogP contribution in [0.25, 0.3) is 0 Å². The molecule has 0 radical (unpaired) electrons. The van der Waals surface area contributed by atoms with Gasteiger partial charge >= 0.3 is 0 Å². The second kappa shape index (κ2) is 7.71. The summed E-state index contributed by atoms with van der Waals surface area (Å²) in [4.78, 5) is 12.9. The number of aliphatic hydroxyl groups excluding tert-OH is 1. The van der Waals surface area contributed by atoms with Gasteiger partial charge in [-0.1, -0.05) is 24.3 Å². The van der Waals surface area contributed by atoms with Crippen LogP contribution in [0.3, 0.4) is 0 Å². The van der Waals surface area contributed by atoms with Crippen molar-refractivity contribution >= 4 is 23.4 Å². The molecule has 0 aliphatic rings. The van der Waals surface area contributed by atoms with E-state index in [1.54, 1.807) is 19.2 Å². The Morgan fingerprint density at radius 2 is 1.90 bits per heavy atom. The summed E-state index contributed by atoms with van der Waals surface area (Å²) in [5.74, 6) is 0.871. The molecule has 0 atom stereocenters. The van der Waals surface area contributed by atoms with Crippen molar-refractivity contribution in [2.75, 3.05) is 18.2 Å². The SMILES string of the molecule is COc1ccccc1NC(=O)CSc1ccc(CO)cc1. The minimum absolute atomic E-state index is 0.0270. The molecule has 0 aromatic heterocycles. The van der Waals surface area contributed by atoms with Crippen molar-refractivity contribution in [3.05, 3.63) is 54.1 Å². The Morgan fingerprint density at radius 1 is 1.19 bits per heavy atom. The van der Waals surface area contributed by atoms with E-state index >= 15 is 0 Å². The highest BCUT2D eigenvalue weighted by Crippen LogP contribution is 2.24. The largest absolute Gasteiger partial charge is 0.495 e. The van der Waals surface area contributed by atoms with Crippen LogP contribution in [-0.2, 0) is 11.4 Å². The van der Waals surface area contributed by atoms with Crippen molar-refractivity contribution in [1.82, 2.24) is 0 Å². The third-order valence-electron chi connectivity index (χ3n) is 2.86. The van der Waals surface area contributed by atoms with Crippen molar-refractivity contribution < 1.29 is 14.6 Å². The number of benzene rings is 2. The van der Waals surface area contributed by atoms with Crippen molar-refractivity contribution in [3.8, 4) is 5.75 Å². The van der Waals surface area contributed by atoms with E-state index in [0.717, 1.165) is 10.5 Å². The number of ether oxygens (including phenoxy) is 1. The fourth-order valence-corrected chi connectivity index (χ4v) is 2.47. The molecular formula is C16H17NO3S. The van der Waals surface area contributed by atoms with Crippen molar-refractivity contribution in [1.29, 1.82) is 0 Å². The first-order valence-electron chi connectivity index (χ1n) is 6.48. The number of nitrogens with one attached hydrogen (secondary N) is 1. The second-order valence-corrected chi connectivity index (χ2v) is 5.39. The zero-order chi connectivity index (χ0) is 15.1.